The van der Waals surface area contributed by atoms with E-state index in [1.54, 1.807) is 0 Å². The van der Waals surface area contributed by atoms with Gasteiger partial charge in [-0.2, -0.15) is 0 Å². The Hall–Kier alpha value is -1.30. The molecule has 1 aromatic carbocycles. The molecular weight excluding hydrogens is 268 g/mol. The van der Waals surface area contributed by atoms with Crippen LogP contribution in [0.5, 0.6) is 11.5 Å². The molecule has 0 aliphatic carbocycles. The van der Waals surface area contributed by atoms with E-state index in [0.717, 1.165) is 50.9 Å². The highest BCUT2D eigenvalue weighted by Gasteiger charge is 2.07. The zero-order valence-electron chi connectivity index (χ0n) is 13.1. The van der Waals surface area contributed by atoms with Crippen molar-refractivity contribution in [1.29, 1.82) is 0 Å². The van der Waals surface area contributed by atoms with Crippen molar-refractivity contribution in [1.82, 2.24) is 9.80 Å². The minimum absolute atomic E-state index is 0.650. The molecule has 0 saturated heterocycles. The molecule has 21 heavy (non-hydrogen) atoms. The van der Waals surface area contributed by atoms with Gasteiger partial charge in [-0.15, -0.1) is 0 Å². The first-order chi connectivity index (χ1) is 10.3. The second-order valence-electron chi connectivity index (χ2n) is 5.36. The maximum Gasteiger partial charge on any atom is 0.161 e. The molecule has 0 unspecified atom stereocenters. The molecule has 0 N–H and O–H groups in total. The van der Waals surface area contributed by atoms with Gasteiger partial charge in [0.05, 0.1) is 13.2 Å². The van der Waals surface area contributed by atoms with Crippen molar-refractivity contribution >= 4 is 0 Å². The fraction of sp³-hybridized carbons (Fsp3) is 0.625. The van der Waals surface area contributed by atoms with Crippen LogP contribution in [-0.4, -0.2) is 76.5 Å². The van der Waals surface area contributed by atoms with E-state index in [4.69, 9.17) is 14.2 Å². The van der Waals surface area contributed by atoms with Gasteiger partial charge in [-0.05, 0) is 26.2 Å². The van der Waals surface area contributed by atoms with Gasteiger partial charge in [0, 0.05) is 26.2 Å². The molecule has 0 fully saturated rings. The third-order valence-electron chi connectivity index (χ3n) is 3.54. The van der Waals surface area contributed by atoms with Gasteiger partial charge in [-0.25, -0.2) is 0 Å². The van der Waals surface area contributed by atoms with E-state index in [-0.39, 0.29) is 0 Å². The molecule has 0 aromatic heterocycles. The van der Waals surface area contributed by atoms with Crippen molar-refractivity contribution in [2.24, 2.45) is 0 Å². The van der Waals surface area contributed by atoms with Crippen LogP contribution in [0, 0.1) is 0 Å². The molecule has 0 saturated carbocycles. The Kier molecular flexibility index (Phi) is 6.79. The van der Waals surface area contributed by atoms with Crippen LogP contribution < -0.4 is 9.47 Å². The van der Waals surface area contributed by atoms with E-state index < -0.39 is 0 Å². The third kappa shape index (κ3) is 5.91. The summed E-state index contributed by atoms with van der Waals surface area (Å²) in [5, 5.41) is 0. The highest BCUT2D eigenvalue weighted by atomic mass is 16.5. The smallest absolute Gasteiger partial charge is 0.161 e. The van der Waals surface area contributed by atoms with E-state index in [2.05, 4.69) is 23.9 Å². The predicted molar refractivity (Wildman–Crippen MR) is 83.2 cm³/mol. The van der Waals surface area contributed by atoms with Crippen LogP contribution in [0.25, 0.3) is 0 Å². The fourth-order valence-corrected chi connectivity index (χ4v) is 2.08. The van der Waals surface area contributed by atoms with Crippen molar-refractivity contribution in [2.75, 3.05) is 66.7 Å². The highest BCUT2D eigenvalue weighted by Crippen LogP contribution is 2.26. The summed E-state index contributed by atoms with van der Waals surface area (Å²) < 4.78 is 17.3. The summed E-state index contributed by atoms with van der Waals surface area (Å²) in [5.74, 6) is 1.64. The largest absolute Gasteiger partial charge is 0.488 e. The van der Waals surface area contributed by atoms with Crippen molar-refractivity contribution in [3.8, 4) is 11.5 Å². The number of fused-ring (bicyclic) bond motifs is 1. The molecule has 0 amide bonds. The van der Waals surface area contributed by atoms with Crippen LogP contribution in [-0.2, 0) is 4.74 Å². The average molecular weight is 294 g/mol. The van der Waals surface area contributed by atoms with Gasteiger partial charge in [0.2, 0.25) is 0 Å². The summed E-state index contributed by atoms with van der Waals surface area (Å²) in [6, 6.07) is 7.86. The van der Waals surface area contributed by atoms with Crippen molar-refractivity contribution in [3.63, 3.8) is 0 Å². The number of benzene rings is 1. The van der Waals surface area contributed by atoms with Crippen molar-refractivity contribution in [3.05, 3.63) is 24.3 Å². The van der Waals surface area contributed by atoms with Gasteiger partial charge in [-0.1, -0.05) is 12.1 Å². The summed E-state index contributed by atoms with van der Waals surface area (Å²) >= 11 is 0. The van der Waals surface area contributed by atoms with E-state index >= 15 is 0 Å². The van der Waals surface area contributed by atoms with Crippen LogP contribution in [0.15, 0.2) is 24.3 Å². The number of rotatable bonds is 0. The minimum atomic E-state index is 0.650. The van der Waals surface area contributed by atoms with Gasteiger partial charge in [0.15, 0.2) is 11.5 Å². The van der Waals surface area contributed by atoms with Crippen LogP contribution in [0.1, 0.15) is 0 Å². The first-order valence-electron chi connectivity index (χ1n) is 7.55. The maximum atomic E-state index is 5.84. The van der Waals surface area contributed by atoms with Crippen molar-refractivity contribution < 1.29 is 14.2 Å². The van der Waals surface area contributed by atoms with Crippen LogP contribution in [0.2, 0.25) is 0 Å². The molecule has 1 aliphatic rings. The zero-order valence-corrected chi connectivity index (χ0v) is 13.1. The molecule has 5 heteroatoms. The van der Waals surface area contributed by atoms with Crippen LogP contribution in [0.3, 0.4) is 0 Å². The monoisotopic (exact) mass is 294 g/mol. The normalized spacial score (nSPS) is 20.5. The lowest BCUT2D eigenvalue weighted by Crippen LogP contribution is -2.30. The lowest BCUT2D eigenvalue weighted by Gasteiger charge is -2.17. The zero-order chi connectivity index (χ0) is 14.9. The maximum absolute atomic E-state index is 5.84. The van der Waals surface area contributed by atoms with Gasteiger partial charge in [0.1, 0.15) is 13.2 Å². The molecule has 0 radical (unpaired) electrons. The molecule has 0 spiro atoms. The van der Waals surface area contributed by atoms with Gasteiger partial charge in [-0.3, -0.25) is 0 Å². The second kappa shape index (κ2) is 8.87. The molecule has 1 heterocycles. The van der Waals surface area contributed by atoms with Gasteiger partial charge in [0.25, 0.3) is 0 Å². The first-order valence-corrected chi connectivity index (χ1v) is 7.55. The summed E-state index contributed by atoms with van der Waals surface area (Å²) in [5.41, 5.74) is 0. The molecule has 118 valence electrons. The molecule has 2 rings (SSSR count). The Bertz CT molecular complexity index is 377. The summed E-state index contributed by atoms with van der Waals surface area (Å²) in [7, 11) is 4.17. The number of ether oxygens (including phenoxy) is 3. The molecule has 1 aromatic rings. The third-order valence-corrected chi connectivity index (χ3v) is 3.54. The number of para-hydroxylation sites is 2. The van der Waals surface area contributed by atoms with Gasteiger partial charge >= 0.3 is 0 Å². The number of nitrogens with zero attached hydrogens (tertiary/aromatic N) is 2. The first kappa shape index (κ1) is 16.1. The van der Waals surface area contributed by atoms with E-state index in [0.29, 0.717) is 13.2 Å². The lowest BCUT2D eigenvalue weighted by atomic mass is 10.3. The lowest BCUT2D eigenvalue weighted by molar-refractivity contribution is 0.0895. The Balaban J connectivity index is 1.96. The van der Waals surface area contributed by atoms with Crippen LogP contribution in [0.4, 0.5) is 0 Å². The Morgan fingerprint density at radius 2 is 1.14 bits per heavy atom. The highest BCUT2D eigenvalue weighted by molar-refractivity contribution is 5.39. The van der Waals surface area contributed by atoms with Crippen molar-refractivity contribution in [2.45, 2.75) is 0 Å². The fourth-order valence-electron chi connectivity index (χ4n) is 2.08. The molecule has 0 atom stereocenters. The van der Waals surface area contributed by atoms with Crippen LogP contribution >= 0.6 is 0 Å². The topological polar surface area (TPSA) is 34.2 Å². The summed E-state index contributed by atoms with van der Waals surface area (Å²) in [6.07, 6.45) is 0. The summed E-state index contributed by atoms with van der Waals surface area (Å²) in [6.45, 7) is 6.41. The predicted octanol–water partition coefficient (Wildman–Crippen LogP) is 1.34. The standard InChI is InChI=1S/C16H26N2O3/c1-17-7-11-19-12-8-18(2)10-14-21-16-6-4-3-5-15(16)20-13-9-17/h3-6H,7-14H2,1-2H3. The molecule has 0 bridgehead atoms. The Morgan fingerprint density at radius 3 is 1.62 bits per heavy atom. The second-order valence-corrected chi connectivity index (χ2v) is 5.36. The minimum Gasteiger partial charge on any atom is -0.488 e. The van der Waals surface area contributed by atoms with E-state index in [9.17, 15) is 0 Å². The summed E-state index contributed by atoms with van der Waals surface area (Å²) in [4.78, 5) is 4.43. The Morgan fingerprint density at radius 1 is 0.714 bits per heavy atom. The average Bonchev–Trinajstić information content (AvgIpc) is 2.48. The quantitative estimate of drug-likeness (QED) is 0.721. The SMILES string of the molecule is CN1CCOCCN(C)CCOc2ccccc2OCC1. The number of likely N-dealkylation sites (N-methyl/N-ethyl adjacent to an activating group) is 2. The molecular formula is C16H26N2O3. The van der Waals surface area contributed by atoms with E-state index in [1.807, 2.05) is 24.3 Å². The Labute approximate surface area is 127 Å². The van der Waals surface area contributed by atoms with E-state index in [1.165, 1.54) is 0 Å². The molecule has 1 aliphatic heterocycles. The number of hydrogen-bond acceptors (Lipinski definition) is 5. The number of hydrogen-bond donors (Lipinski definition) is 0. The molecule has 5 nitrogen and oxygen atoms in total. The van der Waals surface area contributed by atoms with Gasteiger partial charge < -0.3 is 24.0 Å².